The van der Waals surface area contributed by atoms with E-state index in [4.69, 9.17) is 10.5 Å². The molecule has 1 aromatic rings. The van der Waals surface area contributed by atoms with E-state index < -0.39 is 5.60 Å². The highest BCUT2D eigenvalue weighted by molar-refractivity contribution is 5.74. The molecule has 21 heavy (non-hydrogen) atoms. The molecule has 0 atom stereocenters. The van der Waals surface area contributed by atoms with E-state index >= 15 is 0 Å². The molecule has 0 aliphatic carbocycles. The normalized spacial score (nSPS) is 17.0. The first-order valence-corrected chi connectivity index (χ1v) is 7.61. The number of nitrogen functional groups attached to an aromatic ring is 1. The molecule has 0 unspecified atom stereocenters. The van der Waals surface area contributed by atoms with Gasteiger partial charge < -0.3 is 20.5 Å². The maximum absolute atomic E-state index is 9.90. The average Bonchev–Trinajstić information content (AvgIpc) is 2.41. The molecule has 1 aromatic carbocycles. The lowest BCUT2D eigenvalue weighted by molar-refractivity contribution is 0.0345. The standard InChI is InChI=1S/C16H27N3O2/c1-4-21-14-7-5-6-13(15(14)17)19-10-8-18(9-11-19)12-16(2,3)20/h5-7,20H,4,8-12,17H2,1-3H3. The molecular formula is C16H27N3O2. The summed E-state index contributed by atoms with van der Waals surface area (Å²) in [5.74, 6) is 0.758. The van der Waals surface area contributed by atoms with Crippen molar-refractivity contribution in [3.8, 4) is 5.75 Å². The summed E-state index contributed by atoms with van der Waals surface area (Å²) in [6.07, 6.45) is 0. The Balaban J connectivity index is 2.01. The van der Waals surface area contributed by atoms with Crippen LogP contribution in [0, 0.1) is 0 Å². The molecule has 1 saturated heterocycles. The Kier molecular flexibility index (Phi) is 4.96. The lowest BCUT2D eigenvalue weighted by atomic mass is 10.1. The molecule has 3 N–H and O–H groups in total. The van der Waals surface area contributed by atoms with Gasteiger partial charge in [0.25, 0.3) is 0 Å². The number of β-amino-alcohol motifs (C(OH)–C–C–N with tert-alkyl or cyclic N) is 1. The van der Waals surface area contributed by atoms with Gasteiger partial charge in [0, 0.05) is 32.7 Å². The minimum absolute atomic E-state index is 0.618. The molecule has 0 saturated carbocycles. The van der Waals surface area contributed by atoms with Crippen LogP contribution in [0.25, 0.3) is 0 Å². The summed E-state index contributed by atoms with van der Waals surface area (Å²) >= 11 is 0. The van der Waals surface area contributed by atoms with Gasteiger partial charge in [-0.1, -0.05) is 6.07 Å². The first-order chi connectivity index (χ1) is 9.90. The van der Waals surface area contributed by atoms with E-state index in [-0.39, 0.29) is 0 Å². The highest BCUT2D eigenvalue weighted by Gasteiger charge is 2.24. The van der Waals surface area contributed by atoms with Crippen LogP contribution in [0.4, 0.5) is 11.4 Å². The molecule has 2 rings (SSSR count). The molecule has 0 bridgehead atoms. The molecule has 1 heterocycles. The van der Waals surface area contributed by atoms with Gasteiger partial charge in [0.2, 0.25) is 0 Å². The lowest BCUT2D eigenvalue weighted by Crippen LogP contribution is -2.50. The van der Waals surface area contributed by atoms with Gasteiger partial charge in [0.1, 0.15) is 5.75 Å². The smallest absolute Gasteiger partial charge is 0.144 e. The van der Waals surface area contributed by atoms with Crippen molar-refractivity contribution >= 4 is 11.4 Å². The van der Waals surface area contributed by atoms with Crippen molar-refractivity contribution in [1.82, 2.24) is 4.90 Å². The topological polar surface area (TPSA) is 62.0 Å². The zero-order valence-corrected chi connectivity index (χ0v) is 13.3. The van der Waals surface area contributed by atoms with E-state index in [0.29, 0.717) is 13.2 Å². The zero-order chi connectivity index (χ0) is 15.5. The summed E-state index contributed by atoms with van der Waals surface area (Å²) in [6.45, 7) is 10.7. The van der Waals surface area contributed by atoms with Gasteiger partial charge in [0.15, 0.2) is 0 Å². The van der Waals surface area contributed by atoms with Gasteiger partial charge in [0.05, 0.1) is 23.6 Å². The van der Waals surface area contributed by atoms with Gasteiger partial charge in [-0.25, -0.2) is 0 Å². The fourth-order valence-corrected chi connectivity index (χ4v) is 2.78. The van der Waals surface area contributed by atoms with Crippen LogP contribution < -0.4 is 15.4 Å². The highest BCUT2D eigenvalue weighted by atomic mass is 16.5. The third kappa shape index (κ3) is 4.25. The van der Waals surface area contributed by atoms with Gasteiger partial charge in [-0.15, -0.1) is 0 Å². The molecule has 0 aromatic heterocycles. The molecule has 5 heteroatoms. The van der Waals surface area contributed by atoms with Crippen molar-refractivity contribution in [1.29, 1.82) is 0 Å². The number of para-hydroxylation sites is 1. The van der Waals surface area contributed by atoms with E-state index in [2.05, 4.69) is 9.80 Å². The van der Waals surface area contributed by atoms with Crippen LogP contribution >= 0.6 is 0 Å². The molecule has 1 aliphatic rings. The van der Waals surface area contributed by atoms with Crippen molar-refractivity contribution in [3.05, 3.63) is 18.2 Å². The summed E-state index contributed by atoms with van der Waals surface area (Å²) in [4.78, 5) is 4.58. The fourth-order valence-electron chi connectivity index (χ4n) is 2.78. The Morgan fingerprint density at radius 1 is 1.24 bits per heavy atom. The van der Waals surface area contributed by atoms with E-state index in [9.17, 15) is 5.11 Å². The number of piperazine rings is 1. The predicted octanol–water partition coefficient (Wildman–Crippen LogP) is 1.56. The third-order valence-corrected chi connectivity index (χ3v) is 3.67. The predicted molar refractivity (Wildman–Crippen MR) is 87.0 cm³/mol. The number of benzene rings is 1. The maximum atomic E-state index is 9.90. The largest absolute Gasteiger partial charge is 0.492 e. The van der Waals surface area contributed by atoms with Crippen LogP contribution in [0.2, 0.25) is 0 Å². The van der Waals surface area contributed by atoms with E-state index in [1.54, 1.807) is 0 Å². The zero-order valence-electron chi connectivity index (χ0n) is 13.3. The quantitative estimate of drug-likeness (QED) is 0.807. The molecule has 5 nitrogen and oxygen atoms in total. The van der Waals surface area contributed by atoms with Gasteiger partial charge in [-0.2, -0.15) is 0 Å². The first-order valence-electron chi connectivity index (χ1n) is 7.61. The van der Waals surface area contributed by atoms with Crippen LogP contribution in [0.15, 0.2) is 18.2 Å². The molecule has 0 amide bonds. The fraction of sp³-hybridized carbons (Fsp3) is 0.625. The molecule has 0 radical (unpaired) electrons. The Morgan fingerprint density at radius 2 is 1.90 bits per heavy atom. The number of anilines is 2. The van der Waals surface area contributed by atoms with Crippen molar-refractivity contribution in [2.24, 2.45) is 0 Å². The highest BCUT2D eigenvalue weighted by Crippen LogP contribution is 2.32. The summed E-state index contributed by atoms with van der Waals surface area (Å²) in [6, 6.07) is 5.94. The second-order valence-electron chi connectivity index (χ2n) is 6.20. The minimum Gasteiger partial charge on any atom is -0.492 e. The maximum Gasteiger partial charge on any atom is 0.144 e. The van der Waals surface area contributed by atoms with E-state index in [0.717, 1.165) is 43.3 Å². The number of nitrogens with two attached hydrogens (primary N) is 1. The number of hydrogen-bond donors (Lipinski definition) is 2. The van der Waals surface area contributed by atoms with Crippen LogP contribution in [0.5, 0.6) is 5.75 Å². The SMILES string of the molecule is CCOc1cccc(N2CCN(CC(C)(C)O)CC2)c1N. The Hall–Kier alpha value is -1.46. The van der Waals surface area contributed by atoms with Crippen LogP contribution in [-0.2, 0) is 0 Å². The molecule has 1 aliphatic heterocycles. The number of ether oxygens (including phenoxy) is 1. The number of aliphatic hydroxyl groups is 1. The Morgan fingerprint density at radius 3 is 2.48 bits per heavy atom. The Labute approximate surface area is 127 Å². The van der Waals surface area contributed by atoms with Crippen molar-refractivity contribution in [2.45, 2.75) is 26.4 Å². The number of nitrogens with zero attached hydrogens (tertiary/aromatic N) is 2. The van der Waals surface area contributed by atoms with Crippen LogP contribution in [0.3, 0.4) is 0 Å². The summed E-state index contributed by atoms with van der Waals surface area (Å²) in [7, 11) is 0. The van der Waals surface area contributed by atoms with Crippen molar-refractivity contribution in [2.75, 3.05) is 50.0 Å². The molecule has 118 valence electrons. The van der Waals surface area contributed by atoms with Crippen LogP contribution in [-0.4, -0.2) is 54.9 Å². The minimum atomic E-state index is -0.643. The van der Waals surface area contributed by atoms with Gasteiger partial charge in [-0.05, 0) is 32.9 Å². The first kappa shape index (κ1) is 15.9. The third-order valence-electron chi connectivity index (χ3n) is 3.67. The van der Waals surface area contributed by atoms with Crippen molar-refractivity contribution in [3.63, 3.8) is 0 Å². The van der Waals surface area contributed by atoms with Crippen molar-refractivity contribution < 1.29 is 9.84 Å². The van der Waals surface area contributed by atoms with E-state index in [1.165, 1.54) is 0 Å². The lowest BCUT2D eigenvalue weighted by Gasteiger charge is -2.38. The average molecular weight is 293 g/mol. The summed E-state index contributed by atoms with van der Waals surface area (Å²) in [5, 5.41) is 9.90. The monoisotopic (exact) mass is 293 g/mol. The summed E-state index contributed by atoms with van der Waals surface area (Å²) < 4.78 is 5.56. The molecule has 0 spiro atoms. The van der Waals surface area contributed by atoms with Crippen LogP contribution in [0.1, 0.15) is 20.8 Å². The second kappa shape index (κ2) is 6.54. The number of hydrogen-bond acceptors (Lipinski definition) is 5. The summed E-state index contributed by atoms with van der Waals surface area (Å²) in [5.41, 5.74) is 7.34. The number of rotatable bonds is 5. The van der Waals surface area contributed by atoms with E-state index in [1.807, 2.05) is 39.0 Å². The van der Waals surface area contributed by atoms with Gasteiger partial charge >= 0.3 is 0 Å². The second-order valence-corrected chi connectivity index (χ2v) is 6.20. The Bertz CT molecular complexity index is 463. The molecule has 1 fully saturated rings. The molecular weight excluding hydrogens is 266 g/mol. The van der Waals surface area contributed by atoms with Gasteiger partial charge in [-0.3, -0.25) is 4.90 Å².